The number of rotatable bonds is 5. The van der Waals surface area contributed by atoms with E-state index in [-0.39, 0.29) is 24.0 Å². The van der Waals surface area contributed by atoms with Crippen molar-refractivity contribution >= 4 is 29.0 Å². The number of aryl methyl sites for hydroxylation is 2. The van der Waals surface area contributed by atoms with Crippen LogP contribution in [0.4, 0.5) is 11.4 Å². The van der Waals surface area contributed by atoms with Gasteiger partial charge >= 0.3 is 0 Å². The number of nitrogens with one attached hydrogen (secondary N) is 2. The lowest BCUT2D eigenvalue weighted by Crippen LogP contribution is -2.17. The molecule has 3 aromatic rings. The average Bonchev–Trinajstić information content (AvgIpc) is 3.28. The van der Waals surface area contributed by atoms with E-state index in [0.29, 0.717) is 29.1 Å². The van der Waals surface area contributed by atoms with Gasteiger partial charge in [-0.1, -0.05) is 12.1 Å². The van der Waals surface area contributed by atoms with E-state index in [9.17, 15) is 14.4 Å². The first-order valence-corrected chi connectivity index (χ1v) is 9.38. The molecule has 0 fully saturated rings. The van der Waals surface area contributed by atoms with Gasteiger partial charge in [-0.3, -0.25) is 19.1 Å². The van der Waals surface area contributed by atoms with Crippen LogP contribution in [0, 0.1) is 6.92 Å². The summed E-state index contributed by atoms with van der Waals surface area (Å²) in [4.78, 5) is 37.0. The summed E-state index contributed by atoms with van der Waals surface area (Å²) in [5.41, 5.74) is 4.29. The molecule has 1 aromatic heterocycles. The first-order valence-electron chi connectivity index (χ1n) is 9.38. The largest absolute Gasteiger partial charge is 0.326 e. The van der Waals surface area contributed by atoms with Gasteiger partial charge in [0.15, 0.2) is 5.78 Å². The number of hydrogen-bond donors (Lipinski definition) is 2. The predicted octanol–water partition coefficient (Wildman–Crippen LogP) is 3.19. The van der Waals surface area contributed by atoms with Gasteiger partial charge in [0.1, 0.15) is 5.69 Å². The highest BCUT2D eigenvalue weighted by Crippen LogP contribution is 2.25. The lowest BCUT2D eigenvalue weighted by atomic mass is 10.00. The summed E-state index contributed by atoms with van der Waals surface area (Å²) >= 11 is 0. The number of benzene rings is 2. The summed E-state index contributed by atoms with van der Waals surface area (Å²) in [6.07, 6.45) is 0.275. The molecule has 0 unspecified atom stereocenters. The highest BCUT2D eigenvalue weighted by atomic mass is 16.2. The first kappa shape index (κ1) is 18.6. The molecule has 7 nitrogen and oxygen atoms in total. The average molecular weight is 388 g/mol. The van der Waals surface area contributed by atoms with E-state index < -0.39 is 0 Å². The van der Waals surface area contributed by atoms with Gasteiger partial charge in [-0.25, -0.2) is 0 Å². The zero-order valence-electron chi connectivity index (χ0n) is 16.2. The van der Waals surface area contributed by atoms with E-state index in [1.54, 1.807) is 53.2 Å². The number of aromatic nitrogens is 2. The van der Waals surface area contributed by atoms with E-state index in [4.69, 9.17) is 0 Å². The summed E-state index contributed by atoms with van der Waals surface area (Å²) in [7, 11) is 0. The van der Waals surface area contributed by atoms with E-state index in [1.165, 1.54) is 0 Å². The van der Waals surface area contributed by atoms with Crippen molar-refractivity contribution in [2.75, 3.05) is 10.6 Å². The molecule has 2 N–H and O–H groups in total. The predicted molar refractivity (Wildman–Crippen MR) is 109 cm³/mol. The fourth-order valence-electron chi connectivity index (χ4n) is 3.44. The first-order chi connectivity index (χ1) is 13.9. The molecule has 0 aliphatic carbocycles. The van der Waals surface area contributed by atoms with Gasteiger partial charge < -0.3 is 10.6 Å². The molecule has 0 spiro atoms. The van der Waals surface area contributed by atoms with E-state index in [0.717, 1.165) is 16.9 Å². The van der Waals surface area contributed by atoms with Crippen molar-refractivity contribution in [3.05, 3.63) is 76.6 Å². The smallest absolute Gasteiger partial charge is 0.273 e. The van der Waals surface area contributed by atoms with Crippen LogP contribution in [0.5, 0.6) is 0 Å². The minimum absolute atomic E-state index is 0.0733. The van der Waals surface area contributed by atoms with Crippen molar-refractivity contribution in [1.82, 2.24) is 9.78 Å². The zero-order valence-corrected chi connectivity index (χ0v) is 16.2. The number of nitrogens with zero attached hydrogens (tertiary/aromatic N) is 2. The van der Waals surface area contributed by atoms with Crippen LogP contribution >= 0.6 is 0 Å². The Bertz CT molecular complexity index is 1150. The fourth-order valence-corrected chi connectivity index (χ4v) is 3.44. The standard InChI is InChI=1S/C22H20N4O3/c1-3-26-19(9-13(2)25-26)22(29)23-17-6-4-5-14(11-17)21(28)15-7-8-18-16(10-15)12-20(27)24-18/h4-11H,3,12H2,1-2H3,(H,23,29)(H,24,27). The van der Waals surface area contributed by atoms with Gasteiger partial charge in [0.05, 0.1) is 12.1 Å². The number of amides is 2. The Hall–Kier alpha value is -3.74. The van der Waals surface area contributed by atoms with Gasteiger partial charge in [-0.2, -0.15) is 5.10 Å². The van der Waals surface area contributed by atoms with Crippen molar-refractivity contribution in [3.8, 4) is 0 Å². The van der Waals surface area contributed by atoms with Crippen LogP contribution in [0.25, 0.3) is 0 Å². The van der Waals surface area contributed by atoms with E-state index >= 15 is 0 Å². The second-order valence-electron chi connectivity index (χ2n) is 6.95. The SMILES string of the molecule is CCn1nc(C)cc1C(=O)Nc1cccc(C(=O)c2ccc3c(c2)CC(=O)N3)c1. The van der Waals surface area contributed by atoms with Crippen LogP contribution in [-0.2, 0) is 17.8 Å². The molecule has 2 aromatic carbocycles. The van der Waals surface area contributed by atoms with E-state index in [1.807, 2.05) is 13.8 Å². The molecule has 2 amide bonds. The Morgan fingerprint density at radius 2 is 1.93 bits per heavy atom. The monoisotopic (exact) mass is 388 g/mol. The molecule has 0 saturated heterocycles. The number of fused-ring (bicyclic) bond motifs is 1. The normalized spacial score (nSPS) is 12.4. The third-order valence-corrected chi connectivity index (χ3v) is 4.81. The molecule has 146 valence electrons. The van der Waals surface area contributed by atoms with Crippen molar-refractivity contribution in [3.63, 3.8) is 0 Å². The van der Waals surface area contributed by atoms with Gasteiger partial charge in [0.25, 0.3) is 5.91 Å². The zero-order chi connectivity index (χ0) is 20.5. The quantitative estimate of drug-likeness (QED) is 0.657. The van der Waals surface area contributed by atoms with Crippen LogP contribution in [0.15, 0.2) is 48.5 Å². The molecule has 0 radical (unpaired) electrons. The molecule has 0 saturated carbocycles. The van der Waals surface area contributed by atoms with Gasteiger partial charge in [-0.15, -0.1) is 0 Å². The van der Waals surface area contributed by atoms with Crippen LogP contribution in [0.1, 0.15) is 44.6 Å². The van der Waals surface area contributed by atoms with Crippen LogP contribution < -0.4 is 10.6 Å². The maximum absolute atomic E-state index is 12.9. The Balaban J connectivity index is 1.56. The summed E-state index contributed by atoms with van der Waals surface area (Å²) in [6.45, 7) is 4.34. The Morgan fingerprint density at radius 3 is 2.72 bits per heavy atom. The molecule has 1 aliphatic heterocycles. The van der Waals surface area contributed by atoms with Gasteiger partial charge in [0, 0.05) is 29.0 Å². The van der Waals surface area contributed by atoms with Crippen molar-refractivity contribution in [2.24, 2.45) is 0 Å². The third kappa shape index (κ3) is 3.67. The topological polar surface area (TPSA) is 93.1 Å². The highest BCUT2D eigenvalue weighted by molar-refractivity contribution is 6.11. The van der Waals surface area contributed by atoms with Crippen LogP contribution in [-0.4, -0.2) is 27.4 Å². The maximum Gasteiger partial charge on any atom is 0.273 e. The molecule has 0 atom stereocenters. The van der Waals surface area contributed by atoms with Gasteiger partial charge in [0.2, 0.25) is 5.91 Å². The maximum atomic E-state index is 12.9. The molecular formula is C22H20N4O3. The van der Waals surface area contributed by atoms with E-state index in [2.05, 4.69) is 15.7 Å². The Kier molecular flexibility index (Phi) is 4.72. The lowest BCUT2D eigenvalue weighted by molar-refractivity contribution is -0.115. The van der Waals surface area contributed by atoms with Crippen molar-refractivity contribution in [2.45, 2.75) is 26.8 Å². The molecule has 4 rings (SSSR count). The summed E-state index contributed by atoms with van der Waals surface area (Å²) < 4.78 is 1.64. The van der Waals surface area contributed by atoms with Crippen LogP contribution in [0.3, 0.4) is 0 Å². The minimum atomic E-state index is -0.279. The summed E-state index contributed by atoms with van der Waals surface area (Å²) in [6, 6.07) is 13.7. The highest BCUT2D eigenvalue weighted by Gasteiger charge is 2.20. The molecule has 7 heteroatoms. The molecule has 0 bridgehead atoms. The van der Waals surface area contributed by atoms with Gasteiger partial charge in [-0.05, 0) is 55.8 Å². The number of carbonyl (C=O) groups excluding carboxylic acids is 3. The second kappa shape index (κ2) is 7.35. The summed E-state index contributed by atoms with van der Waals surface area (Å²) in [5.74, 6) is -0.521. The van der Waals surface area contributed by atoms with Crippen molar-refractivity contribution in [1.29, 1.82) is 0 Å². The van der Waals surface area contributed by atoms with Crippen LogP contribution in [0.2, 0.25) is 0 Å². The lowest BCUT2D eigenvalue weighted by Gasteiger charge is -2.09. The Morgan fingerprint density at radius 1 is 1.14 bits per heavy atom. The third-order valence-electron chi connectivity index (χ3n) is 4.81. The number of ketones is 1. The minimum Gasteiger partial charge on any atom is -0.326 e. The summed E-state index contributed by atoms with van der Waals surface area (Å²) in [5, 5.41) is 9.87. The number of carbonyl (C=O) groups is 3. The number of anilines is 2. The fraction of sp³-hybridized carbons (Fsp3) is 0.182. The second-order valence-corrected chi connectivity index (χ2v) is 6.95. The molecule has 2 heterocycles. The molecule has 1 aliphatic rings. The number of hydrogen-bond acceptors (Lipinski definition) is 4. The molecular weight excluding hydrogens is 368 g/mol. The Labute approximate surface area is 167 Å². The molecule has 29 heavy (non-hydrogen) atoms. The van der Waals surface area contributed by atoms with Crippen molar-refractivity contribution < 1.29 is 14.4 Å².